The van der Waals surface area contributed by atoms with Crippen LogP contribution in [0.5, 0.6) is 0 Å². The number of nitrogens with zero attached hydrogens (tertiary/aromatic N) is 1. The normalized spacial score (nSPS) is 21.2. The first-order valence-corrected chi connectivity index (χ1v) is 7.66. The fourth-order valence-corrected chi connectivity index (χ4v) is 2.38. The summed E-state index contributed by atoms with van der Waals surface area (Å²) >= 11 is 0. The zero-order valence-corrected chi connectivity index (χ0v) is 10.9. The maximum atomic E-state index is 11.8. The SMILES string of the molecule is CCC1C(=O)NCCN1C(=O)CCS(C)(=O)=O. The first-order valence-electron chi connectivity index (χ1n) is 5.60. The minimum absolute atomic E-state index is 0.0530. The summed E-state index contributed by atoms with van der Waals surface area (Å²) in [4.78, 5) is 24.8. The molecule has 1 heterocycles. The second kappa shape index (κ2) is 5.48. The van der Waals surface area contributed by atoms with Crippen molar-refractivity contribution in [1.82, 2.24) is 10.2 Å². The number of sulfone groups is 1. The average molecular weight is 262 g/mol. The molecule has 0 aromatic carbocycles. The van der Waals surface area contributed by atoms with Crippen molar-refractivity contribution in [3.8, 4) is 0 Å². The summed E-state index contributed by atoms with van der Waals surface area (Å²) in [5.41, 5.74) is 0. The molecule has 1 unspecified atom stereocenters. The van der Waals surface area contributed by atoms with Gasteiger partial charge in [0, 0.05) is 25.8 Å². The van der Waals surface area contributed by atoms with E-state index in [9.17, 15) is 18.0 Å². The fourth-order valence-electron chi connectivity index (χ4n) is 1.84. The van der Waals surface area contributed by atoms with Crippen molar-refractivity contribution in [1.29, 1.82) is 0 Å². The van der Waals surface area contributed by atoms with Crippen molar-refractivity contribution in [2.75, 3.05) is 25.1 Å². The van der Waals surface area contributed by atoms with Crippen LogP contribution in [-0.4, -0.2) is 56.3 Å². The summed E-state index contributed by atoms with van der Waals surface area (Å²) in [5, 5.41) is 2.69. The van der Waals surface area contributed by atoms with Gasteiger partial charge < -0.3 is 10.2 Å². The molecule has 0 aromatic heterocycles. The van der Waals surface area contributed by atoms with Gasteiger partial charge in [-0.25, -0.2) is 8.42 Å². The Morgan fingerprint density at radius 1 is 1.53 bits per heavy atom. The Labute approximate surface area is 101 Å². The molecule has 7 heteroatoms. The number of piperazine rings is 1. The molecular weight excluding hydrogens is 244 g/mol. The Morgan fingerprint density at radius 2 is 2.18 bits per heavy atom. The zero-order valence-electron chi connectivity index (χ0n) is 10.1. The number of carbonyl (C=O) groups is 2. The van der Waals surface area contributed by atoms with Crippen molar-refractivity contribution >= 4 is 21.7 Å². The molecule has 1 fully saturated rings. The van der Waals surface area contributed by atoms with E-state index in [2.05, 4.69) is 5.32 Å². The van der Waals surface area contributed by atoms with E-state index in [0.717, 1.165) is 6.26 Å². The maximum Gasteiger partial charge on any atom is 0.242 e. The van der Waals surface area contributed by atoms with Gasteiger partial charge in [-0.1, -0.05) is 6.92 Å². The van der Waals surface area contributed by atoms with Crippen LogP contribution in [-0.2, 0) is 19.4 Å². The molecule has 0 spiro atoms. The van der Waals surface area contributed by atoms with Gasteiger partial charge in [0.2, 0.25) is 11.8 Å². The molecule has 1 aliphatic heterocycles. The second-order valence-corrected chi connectivity index (χ2v) is 6.44. The predicted octanol–water partition coefficient (Wildman–Crippen LogP) is -0.842. The van der Waals surface area contributed by atoms with Crippen molar-refractivity contribution < 1.29 is 18.0 Å². The molecule has 17 heavy (non-hydrogen) atoms. The Kier molecular flexibility index (Phi) is 4.50. The molecule has 1 saturated heterocycles. The molecule has 1 aliphatic rings. The van der Waals surface area contributed by atoms with Crippen molar-refractivity contribution in [2.45, 2.75) is 25.8 Å². The molecule has 1 N–H and O–H groups in total. The van der Waals surface area contributed by atoms with Crippen LogP contribution in [0.1, 0.15) is 19.8 Å². The molecule has 0 aromatic rings. The highest BCUT2D eigenvalue weighted by atomic mass is 32.2. The zero-order chi connectivity index (χ0) is 13.1. The Balaban J connectivity index is 2.63. The quantitative estimate of drug-likeness (QED) is 0.716. The fraction of sp³-hybridized carbons (Fsp3) is 0.800. The van der Waals surface area contributed by atoms with Gasteiger partial charge >= 0.3 is 0 Å². The molecule has 6 nitrogen and oxygen atoms in total. The van der Waals surface area contributed by atoms with Crippen LogP contribution >= 0.6 is 0 Å². The van der Waals surface area contributed by atoms with Gasteiger partial charge in [0.25, 0.3) is 0 Å². The minimum atomic E-state index is -3.14. The Hall–Kier alpha value is -1.11. The molecule has 0 radical (unpaired) electrons. The lowest BCUT2D eigenvalue weighted by Gasteiger charge is -2.34. The van der Waals surface area contributed by atoms with Gasteiger partial charge in [0.1, 0.15) is 15.9 Å². The van der Waals surface area contributed by atoms with Crippen LogP contribution in [0, 0.1) is 0 Å². The second-order valence-electron chi connectivity index (χ2n) is 4.18. The number of rotatable bonds is 4. The largest absolute Gasteiger partial charge is 0.353 e. The summed E-state index contributed by atoms with van der Waals surface area (Å²) in [6, 6.07) is -0.462. The third-order valence-electron chi connectivity index (χ3n) is 2.72. The molecule has 0 bridgehead atoms. The summed E-state index contributed by atoms with van der Waals surface area (Å²) in [6.45, 7) is 2.71. The molecule has 0 aliphatic carbocycles. The third kappa shape index (κ3) is 3.99. The predicted molar refractivity (Wildman–Crippen MR) is 63.1 cm³/mol. The van der Waals surface area contributed by atoms with Crippen molar-refractivity contribution in [3.63, 3.8) is 0 Å². The topological polar surface area (TPSA) is 83.6 Å². The highest BCUT2D eigenvalue weighted by Crippen LogP contribution is 2.10. The minimum Gasteiger partial charge on any atom is -0.353 e. The summed E-state index contributed by atoms with van der Waals surface area (Å²) in [7, 11) is -3.14. The van der Waals surface area contributed by atoms with E-state index in [1.165, 1.54) is 4.90 Å². The van der Waals surface area contributed by atoms with Crippen molar-refractivity contribution in [3.05, 3.63) is 0 Å². The highest BCUT2D eigenvalue weighted by Gasteiger charge is 2.31. The number of amides is 2. The van der Waals surface area contributed by atoms with Gasteiger partial charge in [-0.2, -0.15) is 0 Å². The Morgan fingerprint density at radius 3 is 2.71 bits per heavy atom. The van der Waals surface area contributed by atoms with Gasteiger partial charge in [-0.15, -0.1) is 0 Å². The molecule has 1 rings (SSSR count). The van der Waals surface area contributed by atoms with E-state index in [1.807, 2.05) is 6.92 Å². The summed E-state index contributed by atoms with van der Waals surface area (Å²) < 4.78 is 22.0. The molecule has 0 saturated carbocycles. The van der Waals surface area contributed by atoms with E-state index in [4.69, 9.17) is 0 Å². The Bertz CT molecular complexity index is 405. The molecular formula is C10H18N2O4S. The monoisotopic (exact) mass is 262 g/mol. The molecule has 2 amide bonds. The van der Waals surface area contributed by atoms with Crippen LogP contribution in [0.4, 0.5) is 0 Å². The van der Waals surface area contributed by atoms with Crippen LogP contribution < -0.4 is 5.32 Å². The van der Waals surface area contributed by atoms with Gasteiger partial charge in [0.15, 0.2) is 0 Å². The highest BCUT2D eigenvalue weighted by molar-refractivity contribution is 7.90. The first-order chi connectivity index (χ1) is 7.85. The smallest absolute Gasteiger partial charge is 0.242 e. The molecule has 98 valence electrons. The standard InChI is InChI=1S/C10H18N2O4S/c1-3-8-10(14)11-5-6-12(8)9(13)4-7-17(2,15)16/h8H,3-7H2,1-2H3,(H,11,14). The van der Waals surface area contributed by atoms with Gasteiger partial charge in [-0.05, 0) is 6.42 Å². The van der Waals surface area contributed by atoms with Crippen LogP contribution in [0.2, 0.25) is 0 Å². The van der Waals surface area contributed by atoms with Crippen molar-refractivity contribution in [2.24, 2.45) is 0 Å². The number of carbonyl (C=O) groups excluding carboxylic acids is 2. The van der Waals surface area contributed by atoms with Gasteiger partial charge in [-0.3, -0.25) is 9.59 Å². The number of nitrogens with one attached hydrogen (secondary N) is 1. The van der Waals surface area contributed by atoms with E-state index in [1.54, 1.807) is 0 Å². The van der Waals surface area contributed by atoms with Crippen LogP contribution in [0.15, 0.2) is 0 Å². The maximum absolute atomic E-state index is 11.8. The number of hydrogen-bond donors (Lipinski definition) is 1. The van der Waals surface area contributed by atoms with E-state index in [-0.39, 0.29) is 24.0 Å². The average Bonchev–Trinajstić information content (AvgIpc) is 2.24. The van der Waals surface area contributed by atoms with E-state index in [0.29, 0.717) is 19.5 Å². The van der Waals surface area contributed by atoms with Crippen LogP contribution in [0.3, 0.4) is 0 Å². The third-order valence-corrected chi connectivity index (χ3v) is 3.67. The lowest BCUT2D eigenvalue weighted by Crippen LogP contribution is -2.57. The number of hydrogen-bond acceptors (Lipinski definition) is 4. The summed E-state index contributed by atoms with van der Waals surface area (Å²) in [5.74, 6) is -0.594. The lowest BCUT2D eigenvalue weighted by molar-refractivity contribution is -0.143. The van der Waals surface area contributed by atoms with Crippen LogP contribution in [0.25, 0.3) is 0 Å². The summed E-state index contributed by atoms with van der Waals surface area (Å²) in [6.07, 6.45) is 1.58. The molecule has 1 atom stereocenters. The first kappa shape index (κ1) is 14.0. The van der Waals surface area contributed by atoms with Gasteiger partial charge in [0.05, 0.1) is 5.75 Å². The van der Waals surface area contributed by atoms with E-state index >= 15 is 0 Å². The lowest BCUT2D eigenvalue weighted by atomic mass is 10.1. The van der Waals surface area contributed by atoms with E-state index < -0.39 is 15.9 Å².